The molecular weight excluding hydrogens is 645 g/mol. The predicted molar refractivity (Wildman–Crippen MR) is 176 cm³/mol. The summed E-state index contributed by atoms with van der Waals surface area (Å²) < 4.78 is 34.2. The Balaban J connectivity index is 2.10. The maximum atomic E-state index is 13.1. The predicted octanol–water partition coefficient (Wildman–Crippen LogP) is 4.04. The summed E-state index contributed by atoms with van der Waals surface area (Å²) in [4.78, 5) is 62.6. The third-order valence-corrected chi connectivity index (χ3v) is 9.29. The Morgan fingerprint density at radius 1 is 1.00 bits per heavy atom. The maximum Gasteiger partial charge on any atom is 0.308 e. The van der Waals surface area contributed by atoms with E-state index in [0.717, 1.165) is 0 Å². The van der Waals surface area contributed by atoms with Crippen LogP contribution in [0.15, 0.2) is 11.1 Å². The smallest absolute Gasteiger partial charge is 0.308 e. The summed E-state index contributed by atoms with van der Waals surface area (Å²) in [5.41, 5.74) is -0.627. The molecule has 3 heterocycles. The summed E-state index contributed by atoms with van der Waals surface area (Å²) in [5.74, 6) is -3.04. The standard InChI is InChI=1S/C31H48N7O9P/c1-16(2)26(39)35-31-34-25-22(27(40)36-31)33-15-37(25)28-24(47-30(42)18(5)6)23(46-29(41)17(3)4)21(45-28)14-44-48(43-13-11-12-32)38(19(7)8)20(9)10/h15-21,23-24,28H,11,13-14H2,1-10H3,(H2,34,35,36,39,40)/t21-,23-,24?,28?,48?/m1/s1. The average Bonchev–Trinajstić information content (AvgIpc) is 3.56. The highest BCUT2D eigenvalue weighted by Crippen LogP contribution is 2.47. The number of aromatic nitrogens is 4. The zero-order valence-corrected chi connectivity index (χ0v) is 30.1. The second kappa shape index (κ2) is 17.3. The molecule has 0 bridgehead atoms. The fraction of sp³-hybridized carbons (Fsp3) is 0.710. The zero-order chi connectivity index (χ0) is 35.9. The molecule has 0 aromatic carbocycles. The summed E-state index contributed by atoms with van der Waals surface area (Å²) in [7, 11) is -1.70. The van der Waals surface area contributed by atoms with Crippen LogP contribution in [0.5, 0.6) is 0 Å². The largest absolute Gasteiger partial charge is 0.455 e. The van der Waals surface area contributed by atoms with E-state index < -0.39 is 62.4 Å². The van der Waals surface area contributed by atoms with Gasteiger partial charge in [-0.05, 0) is 27.7 Å². The minimum atomic E-state index is -1.70. The molecule has 1 aliphatic heterocycles. The highest BCUT2D eigenvalue weighted by atomic mass is 31.2. The molecule has 266 valence electrons. The number of nitrogens with zero attached hydrogens (tertiary/aromatic N) is 5. The number of nitrogens with one attached hydrogen (secondary N) is 2. The Labute approximate surface area is 281 Å². The number of ether oxygens (including phenoxy) is 3. The second-order valence-electron chi connectivity index (χ2n) is 12.9. The van der Waals surface area contributed by atoms with E-state index in [1.54, 1.807) is 41.5 Å². The minimum Gasteiger partial charge on any atom is -0.455 e. The average molecular weight is 694 g/mol. The number of esters is 2. The Bertz CT molecular complexity index is 1510. The van der Waals surface area contributed by atoms with Gasteiger partial charge in [-0.15, -0.1) is 0 Å². The van der Waals surface area contributed by atoms with Crippen molar-refractivity contribution < 1.29 is 37.6 Å². The van der Waals surface area contributed by atoms with Gasteiger partial charge in [-0.3, -0.25) is 34.0 Å². The fourth-order valence-corrected chi connectivity index (χ4v) is 6.37. The lowest BCUT2D eigenvalue weighted by Crippen LogP contribution is -2.42. The van der Waals surface area contributed by atoms with Crippen molar-refractivity contribution in [2.75, 3.05) is 18.5 Å². The van der Waals surface area contributed by atoms with Crippen LogP contribution < -0.4 is 10.9 Å². The van der Waals surface area contributed by atoms with E-state index in [4.69, 9.17) is 28.5 Å². The minimum absolute atomic E-state index is 0.0246. The molecule has 2 aromatic heterocycles. The van der Waals surface area contributed by atoms with Crippen LogP contribution >= 0.6 is 8.53 Å². The molecule has 1 aliphatic rings. The van der Waals surface area contributed by atoms with Gasteiger partial charge < -0.3 is 23.3 Å². The number of imidazole rings is 1. The first-order chi connectivity index (χ1) is 22.6. The van der Waals surface area contributed by atoms with Gasteiger partial charge in [0, 0.05) is 18.0 Å². The second-order valence-corrected chi connectivity index (χ2v) is 14.4. The molecule has 16 nitrogen and oxygen atoms in total. The lowest BCUT2D eigenvalue weighted by Gasteiger charge is -2.36. The van der Waals surface area contributed by atoms with E-state index in [1.165, 1.54) is 10.9 Å². The number of fused-ring (bicyclic) bond motifs is 1. The first kappa shape index (κ1) is 39.0. The molecule has 1 amide bonds. The molecule has 2 aromatic rings. The van der Waals surface area contributed by atoms with Crippen molar-refractivity contribution >= 4 is 43.5 Å². The highest BCUT2D eigenvalue weighted by Gasteiger charge is 2.52. The number of nitriles is 1. The molecule has 3 unspecified atom stereocenters. The Morgan fingerprint density at radius 2 is 1.60 bits per heavy atom. The van der Waals surface area contributed by atoms with Crippen LogP contribution in [0.25, 0.3) is 11.2 Å². The number of carbonyl (C=O) groups is 3. The van der Waals surface area contributed by atoms with Crippen LogP contribution in [0.3, 0.4) is 0 Å². The monoisotopic (exact) mass is 693 g/mol. The van der Waals surface area contributed by atoms with Crippen LogP contribution in [0.1, 0.15) is 81.9 Å². The van der Waals surface area contributed by atoms with Gasteiger partial charge in [0.1, 0.15) is 6.10 Å². The van der Waals surface area contributed by atoms with Gasteiger partial charge in [0.15, 0.2) is 29.6 Å². The van der Waals surface area contributed by atoms with E-state index >= 15 is 0 Å². The van der Waals surface area contributed by atoms with E-state index in [-0.39, 0.29) is 60.7 Å². The van der Waals surface area contributed by atoms with E-state index in [9.17, 15) is 19.2 Å². The van der Waals surface area contributed by atoms with Gasteiger partial charge in [-0.1, -0.05) is 41.5 Å². The molecular formula is C31H48N7O9P. The first-order valence-corrected chi connectivity index (χ1v) is 17.3. The van der Waals surface area contributed by atoms with E-state index in [2.05, 4.69) is 26.3 Å². The Kier molecular flexibility index (Phi) is 14.0. The van der Waals surface area contributed by atoms with Crippen LogP contribution in [-0.2, 0) is 37.6 Å². The summed E-state index contributed by atoms with van der Waals surface area (Å²) in [6.45, 7) is 18.1. The molecule has 3 rings (SSSR count). The van der Waals surface area contributed by atoms with Crippen LogP contribution in [-0.4, -0.2) is 85.6 Å². The molecule has 0 spiro atoms. The van der Waals surface area contributed by atoms with Gasteiger partial charge in [0.2, 0.25) is 11.9 Å². The van der Waals surface area contributed by atoms with Gasteiger partial charge in [-0.25, -0.2) is 9.65 Å². The number of amides is 1. The van der Waals surface area contributed by atoms with Crippen molar-refractivity contribution in [3.63, 3.8) is 0 Å². The van der Waals surface area contributed by atoms with Crippen LogP contribution in [0, 0.1) is 29.1 Å². The maximum absolute atomic E-state index is 13.1. The topological polar surface area (TPSA) is 200 Å². The molecule has 17 heteroatoms. The lowest BCUT2D eigenvalue weighted by atomic mass is 10.1. The number of anilines is 1. The van der Waals surface area contributed by atoms with Gasteiger partial charge in [0.05, 0.1) is 43.9 Å². The van der Waals surface area contributed by atoms with Crippen LogP contribution in [0.2, 0.25) is 0 Å². The van der Waals surface area contributed by atoms with Crippen molar-refractivity contribution in [3.8, 4) is 6.07 Å². The highest BCUT2D eigenvalue weighted by molar-refractivity contribution is 7.44. The molecule has 0 aliphatic carbocycles. The summed E-state index contributed by atoms with van der Waals surface area (Å²) >= 11 is 0. The van der Waals surface area contributed by atoms with E-state index in [0.29, 0.717) is 0 Å². The Morgan fingerprint density at radius 3 is 2.15 bits per heavy atom. The zero-order valence-electron chi connectivity index (χ0n) is 29.3. The fourth-order valence-electron chi connectivity index (χ4n) is 4.76. The lowest BCUT2D eigenvalue weighted by molar-refractivity contribution is -0.172. The third kappa shape index (κ3) is 9.57. The number of hydrogen-bond donors (Lipinski definition) is 2. The number of H-pyrrole nitrogens is 1. The molecule has 48 heavy (non-hydrogen) atoms. The Hall–Kier alpha value is -3.48. The van der Waals surface area contributed by atoms with Gasteiger partial charge >= 0.3 is 11.9 Å². The third-order valence-electron chi connectivity index (χ3n) is 7.22. The molecule has 0 saturated carbocycles. The molecule has 0 radical (unpaired) electrons. The van der Waals surface area contributed by atoms with Crippen molar-refractivity contribution in [2.24, 2.45) is 17.8 Å². The summed E-state index contributed by atoms with van der Waals surface area (Å²) in [5, 5.41) is 11.7. The van der Waals surface area contributed by atoms with Gasteiger partial charge in [0.25, 0.3) is 14.1 Å². The van der Waals surface area contributed by atoms with Crippen molar-refractivity contribution in [1.82, 2.24) is 24.2 Å². The quantitative estimate of drug-likeness (QED) is 0.145. The number of aromatic amines is 1. The number of carbonyl (C=O) groups excluding carboxylic acids is 3. The molecule has 2 N–H and O–H groups in total. The number of hydrogen-bond acceptors (Lipinski definition) is 13. The van der Waals surface area contributed by atoms with Crippen molar-refractivity contribution in [1.29, 1.82) is 5.26 Å². The normalized spacial score (nSPS) is 20.3. The molecule has 1 fully saturated rings. The SMILES string of the molecule is CC(C)C(=O)Nc1nc2c(ncn2C2O[C@H](COP(OCCC#N)N(C(C)C)C(C)C)[C@@H](OC(=O)C(C)C)C2OC(=O)C(C)C)c(=O)[nH]1. The van der Waals surface area contributed by atoms with Crippen molar-refractivity contribution in [2.45, 2.75) is 112 Å². The van der Waals surface area contributed by atoms with Crippen molar-refractivity contribution in [3.05, 3.63) is 16.7 Å². The summed E-state index contributed by atoms with van der Waals surface area (Å²) in [6.07, 6.45) is -3.03. The first-order valence-electron chi connectivity index (χ1n) is 16.1. The van der Waals surface area contributed by atoms with E-state index in [1.807, 2.05) is 32.4 Å². The number of rotatable bonds is 16. The molecule has 1 saturated heterocycles. The van der Waals surface area contributed by atoms with Gasteiger partial charge in [-0.2, -0.15) is 10.2 Å². The molecule has 5 atom stereocenters. The van der Waals surface area contributed by atoms with Crippen LogP contribution in [0.4, 0.5) is 5.95 Å². The summed E-state index contributed by atoms with van der Waals surface area (Å²) in [6, 6.07) is 2.12.